The number of carbonyl (C=O) groups excluding carboxylic acids is 2. The molecule has 0 bridgehead atoms. The molecular weight excluding hydrogens is 446 g/mol. The summed E-state index contributed by atoms with van der Waals surface area (Å²) in [4.78, 5) is 38.5. The summed E-state index contributed by atoms with van der Waals surface area (Å²) in [6, 6.07) is 13.9. The Kier molecular flexibility index (Phi) is 6.18. The third-order valence-electron chi connectivity index (χ3n) is 6.08. The van der Waals surface area contributed by atoms with Crippen LogP contribution in [0.3, 0.4) is 0 Å². The Balaban J connectivity index is 1.72. The van der Waals surface area contributed by atoms with Crippen LogP contribution in [-0.4, -0.2) is 48.4 Å². The van der Waals surface area contributed by atoms with Gasteiger partial charge in [-0.1, -0.05) is 36.4 Å². The fraction of sp³-hybridized carbons (Fsp3) is 0.292. The molecule has 8 nitrogen and oxygen atoms in total. The zero-order chi connectivity index (χ0) is 23.8. The third kappa shape index (κ3) is 4.60. The summed E-state index contributed by atoms with van der Waals surface area (Å²) in [5, 5.41) is -0.414. The number of aryl methyl sites for hydroxylation is 1. The molecule has 2 heterocycles. The summed E-state index contributed by atoms with van der Waals surface area (Å²) in [6.45, 7) is 2.04. The Labute approximate surface area is 190 Å². The minimum absolute atomic E-state index is 0.178. The monoisotopic (exact) mass is 469 g/mol. The van der Waals surface area contributed by atoms with Crippen LogP contribution in [0.25, 0.3) is 22.1 Å². The second kappa shape index (κ2) is 8.92. The van der Waals surface area contributed by atoms with Gasteiger partial charge in [0.1, 0.15) is 23.0 Å². The normalized spacial score (nSPS) is 17.6. The van der Waals surface area contributed by atoms with Gasteiger partial charge in [-0.15, -0.1) is 0 Å². The zero-order valence-corrected chi connectivity index (χ0v) is 18.7. The van der Waals surface area contributed by atoms with Gasteiger partial charge >= 0.3 is 5.63 Å². The summed E-state index contributed by atoms with van der Waals surface area (Å²) in [5.74, 6) is -1.75. The molecule has 0 radical (unpaired) electrons. The number of hydrogen-bond acceptors (Lipinski definition) is 6. The summed E-state index contributed by atoms with van der Waals surface area (Å²) in [7, 11) is -4.29. The average Bonchev–Trinajstić information content (AvgIpc) is 2.78. The predicted octanol–water partition coefficient (Wildman–Crippen LogP) is 2.93. The van der Waals surface area contributed by atoms with Gasteiger partial charge in [0.15, 0.2) is 0 Å². The van der Waals surface area contributed by atoms with Gasteiger partial charge in [0.25, 0.3) is 10.1 Å². The maximum Gasteiger partial charge on any atom is 0.336 e. The molecule has 9 heteroatoms. The van der Waals surface area contributed by atoms with Crippen molar-refractivity contribution in [3.8, 4) is 11.1 Å². The van der Waals surface area contributed by atoms with Crippen LogP contribution in [-0.2, 0) is 19.7 Å². The van der Waals surface area contributed by atoms with E-state index in [1.807, 2.05) is 31.2 Å². The molecule has 33 heavy (non-hydrogen) atoms. The van der Waals surface area contributed by atoms with Crippen LogP contribution in [0.1, 0.15) is 29.9 Å². The second-order valence-corrected chi connectivity index (χ2v) is 9.92. The lowest BCUT2D eigenvalue weighted by atomic mass is 9.93. The fourth-order valence-corrected chi connectivity index (χ4v) is 5.16. The summed E-state index contributed by atoms with van der Waals surface area (Å²) in [5.41, 5.74) is 2.56. The maximum atomic E-state index is 13.1. The average molecular weight is 470 g/mol. The number of likely N-dealkylation sites (tertiary alicyclic amines) is 1. The lowest BCUT2D eigenvalue weighted by molar-refractivity contribution is -0.135. The highest BCUT2D eigenvalue weighted by Gasteiger charge is 2.34. The van der Waals surface area contributed by atoms with E-state index in [0.717, 1.165) is 11.1 Å². The van der Waals surface area contributed by atoms with Crippen LogP contribution >= 0.6 is 0 Å². The van der Waals surface area contributed by atoms with Crippen molar-refractivity contribution in [2.24, 2.45) is 0 Å². The Morgan fingerprint density at radius 1 is 1.18 bits per heavy atom. The van der Waals surface area contributed by atoms with E-state index in [1.165, 1.54) is 17.0 Å². The number of rotatable bonds is 5. The molecule has 2 unspecified atom stereocenters. The first-order valence-corrected chi connectivity index (χ1v) is 12.0. The molecule has 1 amide bonds. The number of fused-ring (bicyclic) bond motifs is 1. The molecule has 1 fully saturated rings. The van der Waals surface area contributed by atoms with Crippen molar-refractivity contribution in [1.82, 2.24) is 4.90 Å². The smallest absolute Gasteiger partial charge is 0.336 e. The topological polar surface area (TPSA) is 122 Å². The fourth-order valence-electron chi connectivity index (χ4n) is 4.33. The number of nitrogens with zero attached hydrogens (tertiary/aromatic N) is 1. The summed E-state index contributed by atoms with van der Waals surface area (Å²) in [6.07, 6.45) is 1.13. The Morgan fingerprint density at radius 3 is 2.64 bits per heavy atom. The molecular formula is C24H23NO7S. The van der Waals surface area contributed by atoms with E-state index >= 15 is 0 Å². The SMILES string of the molecule is Cc1ccccc1-c1cc(=O)oc2cc(C(C=O)C(=O)N3CCCC(S(=O)(=O)O)C3)ccc12. The number of aldehydes is 1. The Morgan fingerprint density at radius 2 is 1.94 bits per heavy atom. The number of piperidine rings is 1. The Bertz CT molecular complexity index is 1390. The number of hydrogen-bond donors (Lipinski definition) is 1. The van der Waals surface area contributed by atoms with Crippen molar-refractivity contribution in [3.63, 3.8) is 0 Å². The molecule has 2 atom stereocenters. The molecule has 2 aromatic carbocycles. The number of benzene rings is 2. The number of amides is 1. The first-order chi connectivity index (χ1) is 15.7. The van der Waals surface area contributed by atoms with Crippen molar-refractivity contribution >= 4 is 33.3 Å². The minimum Gasteiger partial charge on any atom is -0.423 e. The van der Waals surface area contributed by atoms with Gasteiger partial charge in [0.05, 0.1) is 0 Å². The molecule has 0 saturated carbocycles. The third-order valence-corrected chi connectivity index (χ3v) is 7.30. The molecule has 1 N–H and O–H groups in total. The molecule has 4 rings (SSSR count). The van der Waals surface area contributed by atoms with E-state index in [-0.39, 0.29) is 25.1 Å². The highest BCUT2D eigenvalue weighted by Crippen LogP contribution is 2.32. The van der Waals surface area contributed by atoms with Crippen molar-refractivity contribution in [1.29, 1.82) is 0 Å². The van der Waals surface area contributed by atoms with Crippen LogP contribution in [0, 0.1) is 6.92 Å². The quantitative estimate of drug-likeness (QED) is 0.264. The van der Waals surface area contributed by atoms with E-state index in [9.17, 15) is 27.4 Å². The highest BCUT2D eigenvalue weighted by atomic mass is 32.2. The molecule has 0 aliphatic carbocycles. The first-order valence-electron chi connectivity index (χ1n) is 10.5. The van der Waals surface area contributed by atoms with Crippen molar-refractivity contribution < 1.29 is 27.0 Å². The second-order valence-electron chi connectivity index (χ2n) is 8.23. The van der Waals surface area contributed by atoms with E-state index in [0.29, 0.717) is 29.2 Å². The van der Waals surface area contributed by atoms with Crippen molar-refractivity contribution in [3.05, 3.63) is 70.1 Å². The molecule has 1 aromatic heterocycles. The van der Waals surface area contributed by atoms with E-state index in [1.54, 1.807) is 12.1 Å². The van der Waals surface area contributed by atoms with Crippen LogP contribution in [0.4, 0.5) is 0 Å². The van der Waals surface area contributed by atoms with E-state index in [4.69, 9.17) is 4.42 Å². The van der Waals surface area contributed by atoms with Gasteiger partial charge in [0, 0.05) is 30.1 Å². The van der Waals surface area contributed by atoms with Crippen LogP contribution in [0.5, 0.6) is 0 Å². The van der Waals surface area contributed by atoms with Crippen molar-refractivity contribution in [2.45, 2.75) is 30.9 Å². The Hall–Kier alpha value is -3.30. The molecule has 1 aliphatic heterocycles. The van der Waals surface area contributed by atoms with Gasteiger partial charge < -0.3 is 14.1 Å². The minimum atomic E-state index is -4.29. The van der Waals surface area contributed by atoms with Gasteiger partial charge in [-0.2, -0.15) is 8.42 Å². The molecule has 172 valence electrons. The van der Waals surface area contributed by atoms with Gasteiger partial charge in [-0.05, 0) is 42.5 Å². The van der Waals surface area contributed by atoms with Gasteiger partial charge in [0.2, 0.25) is 5.91 Å². The van der Waals surface area contributed by atoms with Crippen LogP contribution in [0.2, 0.25) is 0 Å². The first kappa shape index (κ1) is 22.9. The van der Waals surface area contributed by atoms with Gasteiger partial charge in [-0.25, -0.2) is 4.79 Å². The lowest BCUT2D eigenvalue weighted by Gasteiger charge is -2.32. The zero-order valence-electron chi connectivity index (χ0n) is 17.9. The van der Waals surface area contributed by atoms with E-state index in [2.05, 4.69) is 0 Å². The van der Waals surface area contributed by atoms with Gasteiger partial charge in [-0.3, -0.25) is 9.35 Å². The highest BCUT2D eigenvalue weighted by molar-refractivity contribution is 7.86. The van der Waals surface area contributed by atoms with E-state index < -0.39 is 32.8 Å². The largest absolute Gasteiger partial charge is 0.423 e. The predicted molar refractivity (Wildman–Crippen MR) is 123 cm³/mol. The molecule has 3 aromatic rings. The number of carbonyl (C=O) groups is 2. The molecule has 1 saturated heterocycles. The van der Waals surface area contributed by atoms with Crippen LogP contribution < -0.4 is 5.63 Å². The molecule has 0 spiro atoms. The summed E-state index contributed by atoms with van der Waals surface area (Å²) < 4.78 is 37.8. The molecule has 1 aliphatic rings. The van der Waals surface area contributed by atoms with Crippen LogP contribution in [0.15, 0.2) is 57.7 Å². The maximum absolute atomic E-state index is 13.1. The standard InChI is InChI=1S/C24H23NO7S/c1-15-5-2-3-7-18(15)20-12-23(27)32-22-11-16(8-9-19(20)22)21(14-26)24(28)25-10-4-6-17(13-25)33(29,30)31/h2-3,5,7-9,11-12,14,17,21H,4,6,10,13H2,1H3,(H,29,30,31). The summed E-state index contributed by atoms with van der Waals surface area (Å²) >= 11 is 0. The lowest BCUT2D eigenvalue weighted by Crippen LogP contribution is -2.47. The van der Waals surface area contributed by atoms with Crippen molar-refractivity contribution in [2.75, 3.05) is 13.1 Å².